The average molecular weight is 194 g/mol. The molecule has 0 aromatic rings. The van der Waals surface area contributed by atoms with E-state index in [-0.39, 0.29) is 0 Å². The highest BCUT2D eigenvalue weighted by atomic mass is 14.6. The molecule has 2 aliphatic rings. The topological polar surface area (TPSA) is 0 Å². The van der Waals surface area contributed by atoms with Crippen LogP contribution >= 0.6 is 0 Å². The Kier molecular flexibility index (Phi) is 2.44. The third-order valence-electron chi connectivity index (χ3n) is 5.68. The quantitative estimate of drug-likeness (QED) is 0.570. The third kappa shape index (κ3) is 1.26. The van der Waals surface area contributed by atoms with Gasteiger partial charge in [0.2, 0.25) is 0 Å². The normalized spacial score (nSPS) is 48.2. The molecule has 0 aromatic heterocycles. The van der Waals surface area contributed by atoms with Crippen molar-refractivity contribution in [1.82, 2.24) is 0 Å². The maximum Gasteiger partial charge on any atom is -0.0241 e. The van der Waals surface area contributed by atoms with Gasteiger partial charge in [0.15, 0.2) is 0 Å². The van der Waals surface area contributed by atoms with Crippen molar-refractivity contribution in [3.8, 4) is 0 Å². The number of hydrogen-bond acceptors (Lipinski definition) is 0. The van der Waals surface area contributed by atoms with Crippen molar-refractivity contribution < 1.29 is 0 Å². The van der Waals surface area contributed by atoms with E-state index in [4.69, 9.17) is 0 Å². The first-order valence-corrected chi connectivity index (χ1v) is 6.50. The van der Waals surface area contributed by atoms with Crippen LogP contribution in [0.4, 0.5) is 0 Å². The molecule has 0 amide bonds. The molecule has 0 aliphatic heterocycles. The van der Waals surface area contributed by atoms with Crippen LogP contribution in [0.2, 0.25) is 0 Å². The van der Waals surface area contributed by atoms with Gasteiger partial charge < -0.3 is 0 Å². The summed E-state index contributed by atoms with van der Waals surface area (Å²) in [5.41, 5.74) is 1.35. The molecule has 0 spiro atoms. The summed E-state index contributed by atoms with van der Waals surface area (Å²) in [6, 6.07) is 0. The van der Waals surface area contributed by atoms with Crippen LogP contribution in [0.1, 0.15) is 66.2 Å². The van der Waals surface area contributed by atoms with E-state index in [1.807, 2.05) is 0 Å². The highest BCUT2D eigenvalue weighted by molar-refractivity contribution is 5.04. The Morgan fingerprint density at radius 3 is 2.29 bits per heavy atom. The van der Waals surface area contributed by atoms with Gasteiger partial charge in [-0.05, 0) is 48.3 Å². The van der Waals surface area contributed by atoms with E-state index in [1.54, 1.807) is 0 Å². The smallest absolute Gasteiger partial charge is 0.0241 e. The van der Waals surface area contributed by atoms with E-state index in [0.29, 0.717) is 10.8 Å². The molecule has 2 fully saturated rings. The molecule has 3 unspecified atom stereocenters. The predicted octanol–water partition coefficient (Wildman–Crippen LogP) is 4.64. The second-order valence-corrected chi connectivity index (χ2v) is 6.57. The molecule has 3 atom stereocenters. The van der Waals surface area contributed by atoms with Crippen LogP contribution in [0.3, 0.4) is 0 Å². The highest BCUT2D eigenvalue weighted by Gasteiger charge is 2.55. The number of hydrogen-bond donors (Lipinski definition) is 0. The van der Waals surface area contributed by atoms with Crippen molar-refractivity contribution in [2.45, 2.75) is 66.2 Å². The van der Waals surface area contributed by atoms with Crippen LogP contribution in [0.15, 0.2) is 0 Å². The Morgan fingerprint density at radius 2 is 1.64 bits per heavy atom. The van der Waals surface area contributed by atoms with Crippen molar-refractivity contribution in [2.24, 2.45) is 22.7 Å². The monoisotopic (exact) mass is 194 g/mol. The number of fused-ring (bicyclic) bond motifs is 1. The van der Waals surface area contributed by atoms with Crippen LogP contribution in [-0.2, 0) is 0 Å². The summed E-state index contributed by atoms with van der Waals surface area (Å²) in [7, 11) is 0. The molecule has 0 N–H and O–H groups in total. The second kappa shape index (κ2) is 3.25. The first-order chi connectivity index (χ1) is 6.50. The van der Waals surface area contributed by atoms with E-state index < -0.39 is 0 Å². The molecule has 0 bridgehead atoms. The minimum Gasteiger partial charge on any atom is -0.0625 e. The van der Waals surface area contributed by atoms with E-state index in [2.05, 4.69) is 27.7 Å². The zero-order chi connectivity index (χ0) is 10.4. The molecule has 0 radical (unpaired) electrons. The maximum atomic E-state index is 2.59. The summed E-state index contributed by atoms with van der Waals surface area (Å²) >= 11 is 0. The lowest BCUT2D eigenvalue weighted by Crippen LogP contribution is -2.41. The average Bonchev–Trinajstić information content (AvgIpc) is 2.37. The van der Waals surface area contributed by atoms with Crippen LogP contribution < -0.4 is 0 Å². The van der Waals surface area contributed by atoms with E-state index in [0.717, 1.165) is 11.8 Å². The van der Waals surface area contributed by atoms with Gasteiger partial charge in [-0.2, -0.15) is 0 Å². The first-order valence-electron chi connectivity index (χ1n) is 6.50. The molecular weight excluding hydrogens is 168 g/mol. The Hall–Kier alpha value is 0. The van der Waals surface area contributed by atoms with Gasteiger partial charge in [-0.15, -0.1) is 0 Å². The SMILES string of the molecule is CC(C)C1CCC2(C)CCCCC12C. The molecule has 2 aliphatic carbocycles. The van der Waals surface area contributed by atoms with Gasteiger partial charge in [0, 0.05) is 0 Å². The first kappa shape index (κ1) is 10.5. The molecule has 2 rings (SSSR count). The van der Waals surface area contributed by atoms with Crippen molar-refractivity contribution in [2.75, 3.05) is 0 Å². The summed E-state index contributed by atoms with van der Waals surface area (Å²) in [4.78, 5) is 0. The van der Waals surface area contributed by atoms with Gasteiger partial charge in [0.25, 0.3) is 0 Å². The van der Waals surface area contributed by atoms with Crippen molar-refractivity contribution in [3.63, 3.8) is 0 Å². The number of rotatable bonds is 1. The molecule has 0 heteroatoms. The van der Waals surface area contributed by atoms with Crippen molar-refractivity contribution in [3.05, 3.63) is 0 Å². The fourth-order valence-corrected chi connectivity index (χ4v) is 4.50. The summed E-state index contributed by atoms with van der Waals surface area (Å²) in [6.07, 6.45) is 8.93. The molecular formula is C14H26. The van der Waals surface area contributed by atoms with Crippen LogP contribution in [0.5, 0.6) is 0 Å². The van der Waals surface area contributed by atoms with Gasteiger partial charge in [-0.3, -0.25) is 0 Å². The minimum absolute atomic E-state index is 0.666. The predicted molar refractivity (Wildman–Crippen MR) is 62.2 cm³/mol. The molecule has 82 valence electrons. The fraction of sp³-hybridized carbons (Fsp3) is 1.00. The van der Waals surface area contributed by atoms with Gasteiger partial charge >= 0.3 is 0 Å². The van der Waals surface area contributed by atoms with Gasteiger partial charge in [0.1, 0.15) is 0 Å². The van der Waals surface area contributed by atoms with Crippen molar-refractivity contribution >= 4 is 0 Å². The summed E-state index contributed by atoms with van der Waals surface area (Å²) in [6.45, 7) is 10.0. The molecule has 0 saturated heterocycles. The molecule has 14 heavy (non-hydrogen) atoms. The lowest BCUT2D eigenvalue weighted by atomic mass is 9.55. The molecule has 0 heterocycles. The van der Waals surface area contributed by atoms with Crippen LogP contribution in [0.25, 0.3) is 0 Å². The zero-order valence-corrected chi connectivity index (χ0v) is 10.4. The second-order valence-electron chi connectivity index (χ2n) is 6.57. The summed E-state index contributed by atoms with van der Waals surface area (Å²) < 4.78 is 0. The molecule has 2 saturated carbocycles. The largest absolute Gasteiger partial charge is 0.0625 e. The van der Waals surface area contributed by atoms with Crippen molar-refractivity contribution in [1.29, 1.82) is 0 Å². The Balaban J connectivity index is 2.27. The Morgan fingerprint density at radius 1 is 1.00 bits per heavy atom. The maximum absolute atomic E-state index is 2.59. The van der Waals surface area contributed by atoms with Gasteiger partial charge in [-0.1, -0.05) is 40.5 Å². The van der Waals surface area contributed by atoms with Gasteiger partial charge in [-0.25, -0.2) is 0 Å². The summed E-state index contributed by atoms with van der Waals surface area (Å²) in [5.74, 6) is 1.88. The van der Waals surface area contributed by atoms with E-state index in [9.17, 15) is 0 Å². The Bertz CT molecular complexity index is 218. The minimum atomic E-state index is 0.666. The standard InChI is InChI=1S/C14H26/c1-11(2)12-7-10-13(3)8-5-6-9-14(12,13)4/h11-12H,5-10H2,1-4H3. The van der Waals surface area contributed by atoms with E-state index >= 15 is 0 Å². The third-order valence-corrected chi connectivity index (χ3v) is 5.68. The highest BCUT2D eigenvalue weighted by Crippen LogP contribution is 2.64. The molecule has 0 nitrogen and oxygen atoms in total. The fourth-order valence-electron chi connectivity index (χ4n) is 4.50. The van der Waals surface area contributed by atoms with E-state index in [1.165, 1.54) is 38.5 Å². The summed E-state index contributed by atoms with van der Waals surface area (Å²) in [5, 5.41) is 0. The van der Waals surface area contributed by atoms with Gasteiger partial charge in [0.05, 0.1) is 0 Å². The lowest BCUT2D eigenvalue weighted by molar-refractivity contribution is 0.00135. The molecule has 0 aromatic carbocycles. The lowest BCUT2D eigenvalue weighted by Gasteiger charge is -2.49. The van der Waals surface area contributed by atoms with Crippen LogP contribution in [-0.4, -0.2) is 0 Å². The zero-order valence-electron chi connectivity index (χ0n) is 10.4. The van der Waals surface area contributed by atoms with Crippen LogP contribution in [0, 0.1) is 22.7 Å². The Labute approximate surface area is 89.5 Å².